The minimum atomic E-state index is -4.46. The molecule has 0 bridgehead atoms. The Balaban J connectivity index is 1.90. The van der Waals surface area contributed by atoms with Crippen LogP contribution in [0.2, 0.25) is 0 Å². The lowest BCUT2D eigenvalue weighted by atomic mass is 9.93. The number of nitrogens with one attached hydrogen (secondary N) is 1. The molecule has 9 heteroatoms. The summed E-state index contributed by atoms with van der Waals surface area (Å²) < 4.78 is 65.7. The number of benzene rings is 1. The molecule has 1 aliphatic carbocycles. The second-order valence-electron chi connectivity index (χ2n) is 7.33. The fourth-order valence-electron chi connectivity index (χ4n) is 3.24. The fourth-order valence-corrected chi connectivity index (χ4v) is 4.41. The van der Waals surface area contributed by atoms with Gasteiger partial charge in [-0.1, -0.05) is 36.4 Å². The van der Waals surface area contributed by atoms with E-state index < -0.39 is 27.7 Å². The highest BCUT2D eigenvalue weighted by Gasteiger charge is 2.30. The first kappa shape index (κ1) is 24.0. The van der Waals surface area contributed by atoms with Crippen LogP contribution in [0.15, 0.2) is 48.2 Å². The quantitative estimate of drug-likeness (QED) is 0.405. The van der Waals surface area contributed by atoms with Gasteiger partial charge in [0.05, 0.1) is 11.3 Å². The summed E-state index contributed by atoms with van der Waals surface area (Å²) in [5, 5.41) is 8.62. The number of alkyl halides is 3. The first-order valence-corrected chi connectivity index (χ1v) is 11.5. The SMILES string of the molecule is O=C(O)CCCC=CC1C=C(NS(=O)(=O)CCc2cccc(C(F)(F)F)c2)CCC1. The number of carboxylic acid groups (broad SMARTS) is 1. The van der Waals surface area contributed by atoms with Gasteiger partial charge in [0.1, 0.15) is 0 Å². The van der Waals surface area contributed by atoms with E-state index in [1.165, 1.54) is 12.1 Å². The zero-order chi connectivity index (χ0) is 22.2. The summed E-state index contributed by atoms with van der Waals surface area (Å²) >= 11 is 0. The summed E-state index contributed by atoms with van der Waals surface area (Å²) in [5.74, 6) is -1.06. The number of sulfonamides is 1. The summed E-state index contributed by atoms with van der Waals surface area (Å²) in [7, 11) is -3.68. The Morgan fingerprint density at radius 2 is 2.07 bits per heavy atom. The average molecular weight is 446 g/mol. The van der Waals surface area contributed by atoms with E-state index in [4.69, 9.17) is 5.11 Å². The Morgan fingerprint density at radius 3 is 2.77 bits per heavy atom. The van der Waals surface area contributed by atoms with Gasteiger partial charge in [0.25, 0.3) is 0 Å². The van der Waals surface area contributed by atoms with E-state index in [1.807, 2.05) is 18.2 Å². The van der Waals surface area contributed by atoms with Gasteiger partial charge in [-0.15, -0.1) is 0 Å². The molecule has 0 aliphatic heterocycles. The number of hydrogen-bond acceptors (Lipinski definition) is 3. The molecule has 0 heterocycles. The van der Waals surface area contributed by atoms with Crippen molar-refractivity contribution in [3.05, 3.63) is 59.3 Å². The van der Waals surface area contributed by atoms with Gasteiger partial charge in [-0.05, 0) is 56.1 Å². The van der Waals surface area contributed by atoms with Crippen molar-refractivity contribution in [3.63, 3.8) is 0 Å². The molecule has 2 rings (SSSR count). The molecule has 5 nitrogen and oxygen atoms in total. The molecule has 1 atom stereocenters. The lowest BCUT2D eigenvalue weighted by molar-refractivity contribution is -0.138. The smallest absolute Gasteiger partial charge is 0.416 e. The minimum absolute atomic E-state index is 0.0144. The van der Waals surface area contributed by atoms with E-state index in [-0.39, 0.29) is 24.5 Å². The van der Waals surface area contributed by atoms with Crippen LogP contribution in [0.3, 0.4) is 0 Å². The molecule has 1 aromatic carbocycles. The Bertz CT molecular complexity index is 892. The Labute approximate surface area is 174 Å². The number of carboxylic acids is 1. The number of hydrogen-bond donors (Lipinski definition) is 2. The monoisotopic (exact) mass is 445 g/mol. The fraction of sp³-hybridized carbons (Fsp3) is 0.476. The molecule has 2 N–H and O–H groups in total. The lowest BCUT2D eigenvalue weighted by Gasteiger charge is -2.20. The van der Waals surface area contributed by atoms with Crippen molar-refractivity contribution < 1.29 is 31.5 Å². The largest absolute Gasteiger partial charge is 0.481 e. The number of aryl methyl sites for hydroxylation is 1. The maximum Gasteiger partial charge on any atom is 0.416 e. The standard InChI is InChI=1S/C21H26F3NO4S/c22-21(23,24)18-9-4-7-17(14-18)12-13-30(28,29)25-19-10-5-8-16(15-19)6-2-1-3-11-20(26)27/h2,4,6-7,9,14-16,25H,1,3,5,8,10-13H2,(H,26,27). The maximum atomic E-state index is 12.8. The molecule has 166 valence electrons. The number of rotatable bonds is 10. The molecule has 1 unspecified atom stereocenters. The summed E-state index contributed by atoms with van der Waals surface area (Å²) in [6, 6.07) is 4.68. The van der Waals surface area contributed by atoms with Crippen molar-refractivity contribution in [3.8, 4) is 0 Å². The van der Waals surface area contributed by atoms with Crippen LogP contribution in [0.1, 0.15) is 49.7 Å². The highest BCUT2D eigenvalue weighted by Crippen LogP contribution is 2.29. The normalized spacial score (nSPS) is 17.7. The molecular formula is C21H26F3NO4S. The first-order chi connectivity index (χ1) is 14.0. The summed E-state index contributed by atoms with van der Waals surface area (Å²) in [5.41, 5.74) is 0.110. The third-order valence-electron chi connectivity index (χ3n) is 4.74. The van der Waals surface area contributed by atoms with E-state index in [2.05, 4.69) is 4.72 Å². The molecular weight excluding hydrogens is 419 g/mol. The second-order valence-corrected chi connectivity index (χ2v) is 9.17. The van der Waals surface area contributed by atoms with Gasteiger partial charge in [0, 0.05) is 12.1 Å². The van der Waals surface area contributed by atoms with Crippen LogP contribution < -0.4 is 4.72 Å². The molecule has 0 aromatic heterocycles. The average Bonchev–Trinajstić information content (AvgIpc) is 2.65. The number of aliphatic carboxylic acids is 1. The Kier molecular flexibility index (Phi) is 8.52. The molecule has 0 radical (unpaired) electrons. The number of carbonyl (C=O) groups is 1. The molecule has 0 saturated heterocycles. The zero-order valence-corrected chi connectivity index (χ0v) is 17.3. The van der Waals surface area contributed by atoms with E-state index in [0.29, 0.717) is 30.5 Å². The molecule has 0 spiro atoms. The third kappa shape index (κ3) is 8.61. The van der Waals surface area contributed by atoms with Crippen LogP contribution in [0.4, 0.5) is 13.2 Å². The van der Waals surface area contributed by atoms with Gasteiger partial charge in [0.2, 0.25) is 10.0 Å². The minimum Gasteiger partial charge on any atom is -0.481 e. The Morgan fingerprint density at radius 1 is 1.30 bits per heavy atom. The molecule has 1 aliphatic rings. The maximum absolute atomic E-state index is 12.8. The Hall–Kier alpha value is -2.29. The highest BCUT2D eigenvalue weighted by molar-refractivity contribution is 7.89. The molecule has 0 amide bonds. The van der Waals surface area contributed by atoms with Gasteiger partial charge < -0.3 is 5.11 Å². The topological polar surface area (TPSA) is 83.5 Å². The van der Waals surface area contributed by atoms with Crippen molar-refractivity contribution in [1.29, 1.82) is 0 Å². The highest BCUT2D eigenvalue weighted by atomic mass is 32.2. The first-order valence-electron chi connectivity index (χ1n) is 9.81. The van der Waals surface area contributed by atoms with Crippen LogP contribution in [-0.4, -0.2) is 25.2 Å². The van der Waals surface area contributed by atoms with Gasteiger partial charge in [-0.2, -0.15) is 13.2 Å². The van der Waals surface area contributed by atoms with E-state index in [1.54, 1.807) is 0 Å². The molecule has 30 heavy (non-hydrogen) atoms. The van der Waals surface area contributed by atoms with Crippen molar-refractivity contribution in [2.45, 2.75) is 51.1 Å². The molecule has 0 saturated carbocycles. The lowest BCUT2D eigenvalue weighted by Crippen LogP contribution is -2.28. The summed E-state index contributed by atoms with van der Waals surface area (Å²) in [6.07, 6.45) is 4.83. The van der Waals surface area contributed by atoms with Crippen LogP contribution in [0, 0.1) is 5.92 Å². The second kappa shape index (κ2) is 10.7. The third-order valence-corrected chi connectivity index (χ3v) is 6.06. The predicted octanol–water partition coefficient (Wildman–Crippen LogP) is 4.66. The van der Waals surface area contributed by atoms with Gasteiger partial charge >= 0.3 is 12.1 Å². The van der Waals surface area contributed by atoms with Crippen LogP contribution >= 0.6 is 0 Å². The van der Waals surface area contributed by atoms with Crippen LogP contribution in [0.5, 0.6) is 0 Å². The van der Waals surface area contributed by atoms with Gasteiger partial charge in [-0.25, -0.2) is 8.42 Å². The van der Waals surface area contributed by atoms with Crippen LogP contribution in [-0.2, 0) is 27.4 Å². The van der Waals surface area contributed by atoms with Crippen molar-refractivity contribution in [1.82, 2.24) is 4.72 Å². The van der Waals surface area contributed by atoms with E-state index in [9.17, 15) is 26.4 Å². The predicted molar refractivity (Wildman–Crippen MR) is 108 cm³/mol. The summed E-state index contributed by atoms with van der Waals surface area (Å²) in [4.78, 5) is 10.5. The summed E-state index contributed by atoms with van der Waals surface area (Å²) in [6.45, 7) is 0. The van der Waals surface area contributed by atoms with Gasteiger partial charge in [0.15, 0.2) is 0 Å². The number of unbranched alkanes of at least 4 members (excludes halogenated alkanes) is 1. The zero-order valence-electron chi connectivity index (χ0n) is 16.5. The molecule has 1 aromatic rings. The van der Waals surface area contributed by atoms with Crippen molar-refractivity contribution in [2.24, 2.45) is 5.92 Å². The number of allylic oxidation sites excluding steroid dienone is 4. The van der Waals surface area contributed by atoms with Crippen molar-refractivity contribution in [2.75, 3.05) is 5.75 Å². The van der Waals surface area contributed by atoms with Crippen LogP contribution in [0.25, 0.3) is 0 Å². The number of halogens is 3. The van der Waals surface area contributed by atoms with E-state index in [0.717, 1.165) is 25.0 Å². The van der Waals surface area contributed by atoms with Crippen molar-refractivity contribution >= 4 is 16.0 Å². The van der Waals surface area contributed by atoms with Gasteiger partial charge in [-0.3, -0.25) is 9.52 Å². The molecule has 0 fully saturated rings. The van der Waals surface area contributed by atoms with E-state index >= 15 is 0 Å².